The summed E-state index contributed by atoms with van der Waals surface area (Å²) in [4.78, 5) is 27.7. The van der Waals surface area contributed by atoms with Crippen molar-refractivity contribution in [1.29, 1.82) is 0 Å². The normalized spacial score (nSPS) is 13.5. The van der Waals surface area contributed by atoms with Crippen LogP contribution in [0.25, 0.3) is 11.4 Å². The average molecular weight is 480 g/mol. The van der Waals surface area contributed by atoms with Crippen molar-refractivity contribution < 1.29 is 4.79 Å². The lowest BCUT2D eigenvalue weighted by Gasteiger charge is -2.22. The van der Waals surface area contributed by atoms with Crippen LogP contribution in [0.2, 0.25) is 4.34 Å². The molecule has 0 radical (unpaired) electrons. The Morgan fingerprint density at radius 3 is 2.67 bits per heavy atom. The maximum atomic E-state index is 12.4. The van der Waals surface area contributed by atoms with Gasteiger partial charge in [0.15, 0.2) is 5.78 Å². The van der Waals surface area contributed by atoms with Crippen molar-refractivity contribution in [3.8, 4) is 11.4 Å². The number of hydrogen-bond donors (Lipinski definition) is 0. The summed E-state index contributed by atoms with van der Waals surface area (Å²) in [6.07, 6.45) is 6.77. The van der Waals surface area contributed by atoms with Gasteiger partial charge in [-0.15, -0.1) is 16.4 Å². The number of halogens is 1. The minimum atomic E-state index is -0.0719. The van der Waals surface area contributed by atoms with Crippen molar-refractivity contribution in [2.45, 2.75) is 25.7 Å². The van der Waals surface area contributed by atoms with Gasteiger partial charge in [0.05, 0.1) is 38.2 Å². The van der Waals surface area contributed by atoms with E-state index in [2.05, 4.69) is 15.2 Å². The maximum Gasteiger partial charge on any atom is 0.255 e. The van der Waals surface area contributed by atoms with Crippen LogP contribution in [-0.2, 0) is 6.42 Å². The monoisotopic (exact) mass is 479 g/mol. The van der Waals surface area contributed by atoms with Gasteiger partial charge in [0.25, 0.3) is 5.56 Å². The van der Waals surface area contributed by atoms with Crippen LogP contribution in [0, 0.1) is 0 Å². The highest BCUT2D eigenvalue weighted by Crippen LogP contribution is 2.30. The number of ketones is 1. The largest absolute Gasteiger partial charge is 0.370 e. The smallest absolute Gasteiger partial charge is 0.255 e. The summed E-state index contributed by atoms with van der Waals surface area (Å²) in [7, 11) is 0. The van der Waals surface area contributed by atoms with E-state index < -0.39 is 0 Å². The number of aryl methyl sites for hydroxylation is 1. The van der Waals surface area contributed by atoms with E-state index in [0.717, 1.165) is 48.7 Å². The van der Waals surface area contributed by atoms with Gasteiger partial charge in [-0.25, -0.2) is 4.68 Å². The molecule has 1 saturated heterocycles. The molecule has 33 heavy (non-hydrogen) atoms. The predicted molar refractivity (Wildman–Crippen MR) is 130 cm³/mol. The zero-order valence-corrected chi connectivity index (χ0v) is 19.4. The molecule has 0 N–H and O–H groups in total. The van der Waals surface area contributed by atoms with Gasteiger partial charge in [-0.2, -0.15) is 0 Å². The molecule has 1 aliphatic rings. The first kappa shape index (κ1) is 21.6. The molecule has 0 unspecified atom stereocenters. The van der Waals surface area contributed by atoms with E-state index in [1.807, 2.05) is 30.5 Å². The number of Topliss-reactive ketones (excluding diaryl/α,β-unsaturated/α-hetero) is 1. The van der Waals surface area contributed by atoms with Gasteiger partial charge >= 0.3 is 0 Å². The van der Waals surface area contributed by atoms with Gasteiger partial charge in [0.2, 0.25) is 0 Å². The Balaban J connectivity index is 1.41. The van der Waals surface area contributed by atoms with E-state index in [1.54, 1.807) is 39.7 Å². The van der Waals surface area contributed by atoms with Crippen LogP contribution in [0.3, 0.4) is 0 Å². The fraction of sp³-hybridized carbons (Fsp3) is 0.250. The van der Waals surface area contributed by atoms with Crippen molar-refractivity contribution in [1.82, 2.24) is 19.6 Å². The molecule has 1 fully saturated rings. The number of benzene rings is 1. The summed E-state index contributed by atoms with van der Waals surface area (Å²) >= 11 is 7.23. The summed E-state index contributed by atoms with van der Waals surface area (Å²) in [5, 5.41) is 8.63. The fourth-order valence-electron chi connectivity index (χ4n) is 4.07. The van der Waals surface area contributed by atoms with Crippen molar-refractivity contribution in [2.75, 3.05) is 18.0 Å². The zero-order chi connectivity index (χ0) is 22.8. The number of carbonyl (C=O) groups is 1. The van der Waals surface area contributed by atoms with Crippen molar-refractivity contribution >= 4 is 34.4 Å². The first-order valence-corrected chi connectivity index (χ1v) is 12.1. The molecule has 4 aromatic rings. The maximum absolute atomic E-state index is 12.4. The number of thiophene rings is 1. The van der Waals surface area contributed by atoms with E-state index in [4.69, 9.17) is 11.6 Å². The zero-order valence-electron chi connectivity index (χ0n) is 17.9. The molecule has 0 atom stereocenters. The highest BCUT2D eigenvalue weighted by atomic mass is 35.5. The Morgan fingerprint density at radius 1 is 1.06 bits per heavy atom. The van der Waals surface area contributed by atoms with Gasteiger partial charge in [-0.05, 0) is 49.2 Å². The summed E-state index contributed by atoms with van der Waals surface area (Å²) < 4.78 is 4.01. The summed E-state index contributed by atoms with van der Waals surface area (Å²) in [5.74, 6) is 0.0526. The van der Waals surface area contributed by atoms with Crippen molar-refractivity contribution in [3.05, 3.63) is 86.2 Å². The van der Waals surface area contributed by atoms with Gasteiger partial charge in [-0.3, -0.25) is 14.2 Å². The fourth-order valence-corrected chi connectivity index (χ4v) is 5.08. The number of nitrogens with zero attached hydrogens (tertiary/aromatic N) is 5. The van der Waals surface area contributed by atoms with E-state index in [0.29, 0.717) is 22.1 Å². The highest BCUT2D eigenvalue weighted by Gasteiger charge is 2.19. The second-order valence-corrected chi connectivity index (χ2v) is 9.67. The summed E-state index contributed by atoms with van der Waals surface area (Å²) in [6.45, 7) is 1.92. The molecule has 1 aliphatic heterocycles. The Morgan fingerprint density at radius 2 is 1.91 bits per heavy atom. The van der Waals surface area contributed by atoms with Crippen molar-refractivity contribution in [3.63, 3.8) is 0 Å². The third kappa shape index (κ3) is 4.62. The third-order valence-electron chi connectivity index (χ3n) is 5.75. The molecule has 3 aromatic heterocycles. The van der Waals surface area contributed by atoms with Crippen LogP contribution in [0.15, 0.2) is 65.7 Å². The second-order valence-electron chi connectivity index (χ2n) is 7.96. The quantitative estimate of drug-likeness (QED) is 0.363. The lowest BCUT2D eigenvalue weighted by Crippen LogP contribution is -2.21. The van der Waals surface area contributed by atoms with E-state index in [1.165, 1.54) is 11.3 Å². The molecule has 0 aliphatic carbocycles. The molecular weight excluding hydrogens is 458 g/mol. The SMILES string of the molecule is O=C(CCc1cn(-c2ccc(-n3ccccc3=O)cc2N2CCCC2)nn1)c1ccc(Cl)s1. The van der Waals surface area contributed by atoms with Gasteiger partial charge in [0.1, 0.15) is 0 Å². The van der Waals surface area contributed by atoms with Gasteiger partial charge in [-0.1, -0.05) is 22.9 Å². The molecule has 0 bridgehead atoms. The van der Waals surface area contributed by atoms with Crippen LogP contribution in [-0.4, -0.2) is 38.4 Å². The molecule has 168 valence electrons. The Kier molecular flexibility index (Phi) is 6.11. The average Bonchev–Trinajstić information content (AvgIpc) is 3.59. The summed E-state index contributed by atoms with van der Waals surface area (Å²) in [5.41, 5.74) is 3.41. The lowest BCUT2D eigenvalue weighted by atomic mass is 10.1. The number of aromatic nitrogens is 4. The minimum absolute atomic E-state index is 0.0526. The molecule has 0 saturated carbocycles. The molecular formula is C24H22ClN5O2S. The number of anilines is 1. The standard InChI is InChI=1S/C24H22ClN5O2S/c25-23-11-10-22(33-23)21(31)9-6-17-16-30(27-26-17)19-8-7-18(29-14-2-1-5-24(29)32)15-20(19)28-12-3-4-13-28/h1-2,5,7-8,10-11,14-16H,3-4,6,9,12-13H2. The van der Waals surface area contributed by atoms with Crippen LogP contribution >= 0.6 is 22.9 Å². The molecule has 7 nitrogen and oxygen atoms in total. The van der Waals surface area contributed by atoms with E-state index >= 15 is 0 Å². The Bertz CT molecular complexity index is 1350. The topological polar surface area (TPSA) is 73.0 Å². The van der Waals surface area contributed by atoms with E-state index in [9.17, 15) is 9.59 Å². The number of rotatable bonds is 7. The minimum Gasteiger partial charge on any atom is -0.370 e. The number of pyridine rings is 1. The van der Waals surface area contributed by atoms with Gasteiger partial charge < -0.3 is 4.90 Å². The molecule has 5 rings (SSSR count). The molecule has 1 aromatic carbocycles. The molecule has 0 amide bonds. The molecule has 9 heteroatoms. The van der Waals surface area contributed by atoms with Crippen LogP contribution in [0.5, 0.6) is 0 Å². The number of hydrogen-bond acceptors (Lipinski definition) is 6. The van der Waals surface area contributed by atoms with Crippen LogP contribution in [0.1, 0.15) is 34.6 Å². The predicted octanol–water partition coefficient (Wildman–Crippen LogP) is 4.55. The van der Waals surface area contributed by atoms with Crippen molar-refractivity contribution in [2.24, 2.45) is 0 Å². The van der Waals surface area contributed by atoms with E-state index in [-0.39, 0.29) is 11.3 Å². The summed E-state index contributed by atoms with van der Waals surface area (Å²) in [6, 6.07) is 14.6. The van der Waals surface area contributed by atoms with Crippen LogP contribution < -0.4 is 10.5 Å². The molecule has 4 heterocycles. The highest BCUT2D eigenvalue weighted by molar-refractivity contribution is 7.18. The van der Waals surface area contributed by atoms with Crippen LogP contribution in [0.4, 0.5) is 5.69 Å². The lowest BCUT2D eigenvalue weighted by molar-refractivity contribution is 0.0986. The number of carbonyl (C=O) groups excluding carboxylic acids is 1. The third-order valence-corrected chi connectivity index (χ3v) is 7.02. The second kappa shape index (κ2) is 9.33. The first-order chi connectivity index (χ1) is 16.1. The molecule has 0 spiro atoms. The Labute approximate surface area is 199 Å². The van der Waals surface area contributed by atoms with Gasteiger partial charge in [0, 0.05) is 38.2 Å². The Hall–Kier alpha value is -3.23. The first-order valence-electron chi connectivity index (χ1n) is 10.9.